The van der Waals surface area contributed by atoms with Gasteiger partial charge in [0.05, 0.1) is 12.2 Å². The summed E-state index contributed by atoms with van der Waals surface area (Å²) in [6.07, 6.45) is 1.60. The van der Waals surface area contributed by atoms with E-state index in [-0.39, 0.29) is 30.4 Å². The number of fused-ring (bicyclic) bond motifs is 1. The fraction of sp³-hybridized carbons (Fsp3) is 0.650. The van der Waals surface area contributed by atoms with Crippen LogP contribution in [0.1, 0.15) is 39.7 Å². The number of hydrogen-bond donors (Lipinski definition) is 1. The number of nitrogens with zero attached hydrogens (tertiary/aromatic N) is 1. The minimum atomic E-state index is -0.0965. The molecule has 0 aromatic heterocycles. The van der Waals surface area contributed by atoms with Crippen molar-refractivity contribution in [3.63, 3.8) is 0 Å². The third kappa shape index (κ3) is 4.68. The van der Waals surface area contributed by atoms with E-state index < -0.39 is 0 Å². The van der Waals surface area contributed by atoms with Gasteiger partial charge in [-0.2, -0.15) is 0 Å². The summed E-state index contributed by atoms with van der Waals surface area (Å²) in [4.78, 5) is 14.7. The molecule has 1 fully saturated rings. The zero-order valence-electron chi connectivity index (χ0n) is 16.2. The fourth-order valence-electron chi connectivity index (χ4n) is 3.54. The van der Waals surface area contributed by atoms with Crippen molar-refractivity contribution in [1.82, 2.24) is 10.2 Å². The number of morpholine rings is 1. The molecule has 3 rings (SSSR count). The number of carbonyl (C=O) groups is 1. The Kier molecular flexibility index (Phi) is 5.73. The van der Waals surface area contributed by atoms with E-state index in [4.69, 9.17) is 14.2 Å². The van der Waals surface area contributed by atoms with E-state index in [1.807, 2.05) is 18.2 Å². The third-order valence-electron chi connectivity index (χ3n) is 5.07. The van der Waals surface area contributed by atoms with E-state index in [1.54, 1.807) is 0 Å². The highest BCUT2D eigenvalue weighted by Crippen LogP contribution is 2.32. The van der Waals surface area contributed by atoms with Crippen LogP contribution in [0.5, 0.6) is 11.5 Å². The zero-order chi connectivity index (χ0) is 18.7. The first kappa shape index (κ1) is 19.0. The van der Waals surface area contributed by atoms with Crippen LogP contribution >= 0.6 is 0 Å². The van der Waals surface area contributed by atoms with Crippen molar-refractivity contribution in [2.75, 3.05) is 26.4 Å². The fourth-order valence-corrected chi connectivity index (χ4v) is 3.54. The Morgan fingerprint density at radius 1 is 1.19 bits per heavy atom. The lowest BCUT2D eigenvalue weighted by Crippen LogP contribution is -2.58. The molecule has 0 spiro atoms. The van der Waals surface area contributed by atoms with Crippen molar-refractivity contribution in [2.24, 2.45) is 0 Å². The molecule has 1 N–H and O–H groups in total. The zero-order valence-corrected chi connectivity index (χ0v) is 16.2. The molecule has 144 valence electrons. The van der Waals surface area contributed by atoms with Gasteiger partial charge in [0.2, 0.25) is 12.7 Å². The third-order valence-corrected chi connectivity index (χ3v) is 5.07. The maximum Gasteiger partial charge on any atom is 0.231 e. The van der Waals surface area contributed by atoms with E-state index in [1.165, 1.54) is 0 Å². The van der Waals surface area contributed by atoms with Crippen LogP contribution in [0.25, 0.3) is 0 Å². The molecular weight excluding hydrogens is 332 g/mol. The molecule has 6 heteroatoms. The SMILES string of the molecule is C[C@@H]1CN(C(C)(C)CNC(=O)CCc2ccc3c(c2)OCO3)C[C@H](C)O1. The van der Waals surface area contributed by atoms with Gasteiger partial charge in [0.25, 0.3) is 0 Å². The maximum atomic E-state index is 12.3. The second kappa shape index (κ2) is 7.84. The van der Waals surface area contributed by atoms with Gasteiger partial charge in [-0.05, 0) is 51.8 Å². The molecule has 0 saturated carbocycles. The van der Waals surface area contributed by atoms with Crippen LogP contribution < -0.4 is 14.8 Å². The van der Waals surface area contributed by atoms with Gasteiger partial charge in [-0.25, -0.2) is 0 Å². The van der Waals surface area contributed by atoms with Gasteiger partial charge in [-0.15, -0.1) is 0 Å². The summed E-state index contributed by atoms with van der Waals surface area (Å²) >= 11 is 0. The first-order chi connectivity index (χ1) is 12.3. The Morgan fingerprint density at radius 3 is 2.62 bits per heavy atom. The second-order valence-electron chi connectivity index (χ2n) is 7.94. The molecule has 2 aliphatic rings. The first-order valence-electron chi connectivity index (χ1n) is 9.39. The highest BCUT2D eigenvalue weighted by Gasteiger charge is 2.33. The minimum absolute atomic E-state index is 0.0742. The number of hydrogen-bond acceptors (Lipinski definition) is 5. The van der Waals surface area contributed by atoms with Crippen LogP contribution in [0.2, 0.25) is 0 Å². The molecule has 2 atom stereocenters. The van der Waals surface area contributed by atoms with Gasteiger partial charge in [-0.1, -0.05) is 6.07 Å². The molecule has 1 amide bonds. The van der Waals surface area contributed by atoms with E-state index in [9.17, 15) is 4.79 Å². The highest BCUT2D eigenvalue weighted by molar-refractivity contribution is 5.76. The summed E-state index contributed by atoms with van der Waals surface area (Å²) < 4.78 is 16.5. The minimum Gasteiger partial charge on any atom is -0.454 e. The average molecular weight is 362 g/mol. The topological polar surface area (TPSA) is 60.0 Å². The molecule has 0 unspecified atom stereocenters. The molecule has 0 radical (unpaired) electrons. The Morgan fingerprint density at radius 2 is 1.88 bits per heavy atom. The first-order valence-corrected chi connectivity index (χ1v) is 9.39. The van der Waals surface area contributed by atoms with Crippen LogP contribution in [0.15, 0.2) is 18.2 Å². The number of benzene rings is 1. The number of amides is 1. The molecule has 2 aliphatic heterocycles. The lowest BCUT2D eigenvalue weighted by molar-refractivity contribution is -0.122. The van der Waals surface area contributed by atoms with Crippen molar-refractivity contribution in [3.05, 3.63) is 23.8 Å². The Balaban J connectivity index is 1.46. The maximum absolute atomic E-state index is 12.3. The Hall–Kier alpha value is -1.79. The van der Waals surface area contributed by atoms with Crippen molar-refractivity contribution in [1.29, 1.82) is 0 Å². The molecule has 1 saturated heterocycles. The molecule has 0 aliphatic carbocycles. The Bertz CT molecular complexity index is 637. The number of ether oxygens (including phenoxy) is 3. The van der Waals surface area contributed by atoms with Crippen molar-refractivity contribution in [3.8, 4) is 11.5 Å². The van der Waals surface area contributed by atoms with Gasteiger partial charge in [0.15, 0.2) is 11.5 Å². The van der Waals surface area contributed by atoms with E-state index in [0.717, 1.165) is 30.2 Å². The smallest absolute Gasteiger partial charge is 0.231 e. The van der Waals surface area contributed by atoms with Crippen LogP contribution in [-0.4, -0.2) is 55.0 Å². The molecule has 1 aromatic carbocycles. The number of carbonyl (C=O) groups excluding carboxylic acids is 1. The monoisotopic (exact) mass is 362 g/mol. The second-order valence-corrected chi connectivity index (χ2v) is 7.94. The highest BCUT2D eigenvalue weighted by atomic mass is 16.7. The summed E-state index contributed by atoms with van der Waals surface area (Å²) in [5.74, 6) is 1.61. The van der Waals surface area contributed by atoms with Crippen LogP contribution in [0.4, 0.5) is 0 Å². The van der Waals surface area contributed by atoms with Gasteiger partial charge in [-0.3, -0.25) is 9.69 Å². The van der Waals surface area contributed by atoms with Crippen molar-refractivity contribution >= 4 is 5.91 Å². The van der Waals surface area contributed by atoms with Gasteiger partial charge in [0.1, 0.15) is 0 Å². The van der Waals surface area contributed by atoms with E-state index >= 15 is 0 Å². The quantitative estimate of drug-likeness (QED) is 0.842. The lowest BCUT2D eigenvalue weighted by Gasteiger charge is -2.45. The normalized spacial score (nSPS) is 23.1. The number of rotatable bonds is 6. The summed E-state index contributed by atoms with van der Waals surface area (Å²) in [5, 5.41) is 3.10. The summed E-state index contributed by atoms with van der Waals surface area (Å²) in [6.45, 7) is 11.2. The molecule has 2 heterocycles. The molecule has 0 bridgehead atoms. The molecule has 1 aromatic rings. The van der Waals surface area contributed by atoms with Gasteiger partial charge < -0.3 is 19.5 Å². The average Bonchev–Trinajstić information content (AvgIpc) is 3.05. The van der Waals surface area contributed by atoms with Crippen LogP contribution in [0.3, 0.4) is 0 Å². The Labute approximate surface area is 155 Å². The van der Waals surface area contributed by atoms with Crippen molar-refractivity contribution in [2.45, 2.75) is 58.3 Å². The molecule has 26 heavy (non-hydrogen) atoms. The summed E-state index contributed by atoms with van der Waals surface area (Å²) in [7, 11) is 0. The van der Waals surface area contributed by atoms with Gasteiger partial charge in [0, 0.05) is 31.6 Å². The summed E-state index contributed by atoms with van der Waals surface area (Å²) in [5.41, 5.74) is 0.986. The lowest BCUT2D eigenvalue weighted by atomic mass is 10.00. The molecular formula is C20H30N2O4. The predicted molar refractivity (Wildman–Crippen MR) is 99.6 cm³/mol. The number of aryl methyl sites for hydroxylation is 1. The van der Waals surface area contributed by atoms with Gasteiger partial charge >= 0.3 is 0 Å². The van der Waals surface area contributed by atoms with E-state index in [2.05, 4.69) is 37.9 Å². The van der Waals surface area contributed by atoms with Crippen LogP contribution in [-0.2, 0) is 16.0 Å². The van der Waals surface area contributed by atoms with Crippen molar-refractivity contribution < 1.29 is 19.0 Å². The number of nitrogens with one attached hydrogen (secondary N) is 1. The van der Waals surface area contributed by atoms with Crippen LogP contribution in [0, 0.1) is 0 Å². The standard InChI is InChI=1S/C20H30N2O4/c1-14-10-22(11-15(2)26-14)20(3,4)12-21-19(23)8-6-16-5-7-17-18(9-16)25-13-24-17/h5,7,9,14-15H,6,8,10-13H2,1-4H3,(H,21,23)/t14-,15+. The largest absolute Gasteiger partial charge is 0.454 e. The molecule has 6 nitrogen and oxygen atoms in total. The summed E-state index contributed by atoms with van der Waals surface area (Å²) in [6, 6.07) is 5.84. The van der Waals surface area contributed by atoms with E-state index in [0.29, 0.717) is 19.4 Å². The predicted octanol–water partition coefficient (Wildman–Crippen LogP) is 2.35.